The number of methoxy groups -OCH3 is 2. The number of carbonyl (C=O) groups excluding carboxylic acids is 1. The molecule has 0 bridgehead atoms. The van der Waals surface area contributed by atoms with Crippen LogP contribution in [0.4, 0.5) is 5.69 Å². The molecule has 0 fully saturated rings. The number of rotatable bonds is 7. The molecule has 26 heavy (non-hydrogen) atoms. The van der Waals surface area contributed by atoms with Gasteiger partial charge < -0.3 is 14.6 Å². The summed E-state index contributed by atoms with van der Waals surface area (Å²) in [6.07, 6.45) is 1.15. The van der Waals surface area contributed by atoms with Crippen molar-refractivity contribution in [2.75, 3.05) is 14.2 Å². The molecule has 0 spiro atoms. The van der Waals surface area contributed by atoms with Gasteiger partial charge in [0.05, 0.1) is 31.8 Å². The van der Waals surface area contributed by atoms with Crippen LogP contribution in [0.3, 0.4) is 0 Å². The Labute approximate surface area is 149 Å². The van der Waals surface area contributed by atoms with Crippen LogP contribution in [-0.4, -0.2) is 36.4 Å². The Kier molecular flexibility index (Phi) is 6.10. The van der Waals surface area contributed by atoms with E-state index >= 15 is 0 Å². The van der Waals surface area contributed by atoms with Crippen LogP contribution in [-0.2, 0) is 11.2 Å². The second-order valence-corrected chi connectivity index (χ2v) is 5.13. The average molecular weight is 359 g/mol. The Bertz CT molecular complexity index is 825. The van der Waals surface area contributed by atoms with E-state index in [-0.39, 0.29) is 34.9 Å². The molecule has 136 valence electrons. The summed E-state index contributed by atoms with van der Waals surface area (Å²) in [7, 11) is 2.79. The number of ether oxygens (including phenoxy) is 2. The van der Waals surface area contributed by atoms with Crippen molar-refractivity contribution in [3.8, 4) is 17.2 Å². The molecule has 2 N–H and O–H groups in total. The number of carbonyl (C=O) groups is 1. The molecule has 2 aromatic rings. The van der Waals surface area contributed by atoms with Gasteiger partial charge in [-0.3, -0.25) is 14.9 Å². The van der Waals surface area contributed by atoms with Gasteiger partial charge in [-0.1, -0.05) is 18.2 Å². The Hall–Kier alpha value is -3.62. The van der Waals surface area contributed by atoms with Gasteiger partial charge in [-0.2, -0.15) is 5.10 Å². The highest BCUT2D eigenvalue weighted by Gasteiger charge is 2.15. The predicted molar refractivity (Wildman–Crippen MR) is 93.7 cm³/mol. The van der Waals surface area contributed by atoms with Crippen LogP contribution >= 0.6 is 0 Å². The van der Waals surface area contributed by atoms with E-state index in [1.54, 1.807) is 6.07 Å². The minimum Gasteiger partial charge on any atom is -0.502 e. The molecule has 0 saturated heterocycles. The molecular weight excluding hydrogens is 342 g/mol. The molecule has 0 aliphatic carbocycles. The van der Waals surface area contributed by atoms with Crippen molar-refractivity contribution in [3.63, 3.8) is 0 Å². The number of nitrogens with zero attached hydrogens (tertiary/aromatic N) is 2. The van der Waals surface area contributed by atoms with Gasteiger partial charge in [-0.05, 0) is 12.1 Å². The van der Waals surface area contributed by atoms with E-state index in [1.807, 2.05) is 0 Å². The minimum atomic E-state index is -0.541. The second kappa shape index (κ2) is 8.47. The monoisotopic (exact) mass is 359 g/mol. The van der Waals surface area contributed by atoms with Gasteiger partial charge in [-0.25, -0.2) is 5.43 Å². The standard InChI is InChI=1S/C17H17N3O6/c1-25-14-7-11(8-15(26-2)17(14)22)10-18-19-16(21)9-12-5-3-4-6-13(12)20(23)24/h3-8,10,22H,9H2,1-2H3,(H,19,21). The van der Waals surface area contributed by atoms with Crippen molar-refractivity contribution in [1.82, 2.24) is 5.43 Å². The topological polar surface area (TPSA) is 123 Å². The van der Waals surface area contributed by atoms with Crippen LogP contribution in [0.2, 0.25) is 0 Å². The first kappa shape index (κ1) is 18.7. The third kappa shape index (κ3) is 4.47. The summed E-state index contributed by atoms with van der Waals surface area (Å²) in [5, 5.41) is 24.6. The maximum Gasteiger partial charge on any atom is 0.273 e. The summed E-state index contributed by atoms with van der Waals surface area (Å²) in [4.78, 5) is 22.4. The van der Waals surface area contributed by atoms with Crippen LogP contribution in [0.15, 0.2) is 41.5 Å². The molecular formula is C17H17N3O6. The zero-order chi connectivity index (χ0) is 19.1. The van der Waals surface area contributed by atoms with Crippen molar-refractivity contribution >= 4 is 17.8 Å². The van der Waals surface area contributed by atoms with Crippen molar-refractivity contribution < 1.29 is 24.3 Å². The zero-order valence-corrected chi connectivity index (χ0v) is 14.1. The number of phenols is 1. The fourth-order valence-corrected chi connectivity index (χ4v) is 2.22. The van der Waals surface area contributed by atoms with Crippen molar-refractivity contribution in [1.29, 1.82) is 0 Å². The van der Waals surface area contributed by atoms with Gasteiger partial charge >= 0.3 is 0 Å². The first-order valence-electron chi connectivity index (χ1n) is 7.45. The summed E-state index contributed by atoms with van der Waals surface area (Å²) in [5.41, 5.74) is 2.98. The second-order valence-electron chi connectivity index (χ2n) is 5.13. The first-order chi connectivity index (χ1) is 12.5. The van der Waals surface area contributed by atoms with E-state index in [2.05, 4.69) is 10.5 Å². The molecule has 0 saturated carbocycles. The number of hydrogen-bond donors (Lipinski definition) is 2. The molecule has 0 heterocycles. The van der Waals surface area contributed by atoms with E-state index in [1.165, 1.54) is 50.8 Å². The number of hydrazone groups is 1. The summed E-state index contributed by atoms with van der Waals surface area (Å²) < 4.78 is 10.1. The number of nitrogens with one attached hydrogen (secondary N) is 1. The molecule has 0 aromatic heterocycles. The Morgan fingerprint density at radius 1 is 1.27 bits per heavy atom. The smallest absolute Gasteiger partial charge is 0.273 e. The fourth-order valence-electron chi connectivity index (χ4n) is 2.22. The average Bonchev–Trinajstić information content (AvgIpc) is 2.63. The number of nitro groups is 1. The summed E-state index contributed by atoms with van der Waals surface area (Å²) in [6.45, 7) is 0. The number of amides is 1. The SMILES string of the molecule is COc1cc(C=NNC(=O)Cc2ccccc2[N+](=O)[O-])cc(OC)c1O. The van der Waals surface area contributed by atoms with E-state index in [9.17, 15) is 20.0 Å². The minimum absolute atomic E-state index is 0.125. The van der Waals surface area contributed by atoms with Crippen molar-refractivity contribution in [2.24, 2.45) is 5.10 Å². The number of phenolic OH excluding ortho intramolecular Hbond substituents is 1. The molecule has 0 unspecified atom stereocenters. The Morgan fingerprint density at radius 3 is 2.46 bits per heavy atom. The van der Waals surface area contributed by atoms with Crippen LogP contribution < -0.4 is 14.9 Å². The molecule has 2 aromatic carbocycles. The van der Waals surface area contributed by atoms with Gasteiger partial charge in [0.15, 0.2) is 11.5 Å². The molecule has 2 rings (SSSR count). The van der Waals surface area contributed by atoms with Crippen LogP contribution in [0.25, 0.3) is 0 Å². The van der Waals surface area contributed by atoms with Gasteiger partial charge in [-0.15, -0.1) is 0 Å². The molecule has 0 aliphatic heterocycles. The molecule has 1 amide bonds. The molecule has 9 nitrogen and oxygen atoms in total. The Morgan fingerprint density at radius 2 is 1.88 bits per heavy atom. The van der Waals surface area contributed by atoms with Crippen LogP contribution in [0.1, 0.15) is 11.1 Å². The fraction of sp³-hybridized carbons (Fsp3) is 0.176. The highest BCUT2D eigenvalue weighted by molar-refractivity contribution is 5.85. The van der Waals surface area contributed by atoms with Gasteiger partial charge in [0.1, 0.15) is 0 Å². The molecule has 0 atom stereocenters. The van der Waals surface area contributed by atoms with Gasteiger partial charge in [0.25, 0.3) is 5.69 Å². The zero-order valence-electron chi connectivity index (χ0n) is 14.1. The van der Waals surface area contributed by atoms with Crippen molar-refractivity contribution in [2.45, 2.75) is 6.42 Å². The third-order valence-electron chi connectivity index (χ3n) is 3.44. The Balaban J connectivity index is 2.07. The summed E-state index contributed by atoms with van der Waals surface area (Å²) in [5.74, 6) is -0.269. The van der Waals surface area contributed by atoms with Gasteiger partial charge in [0.2, 0.25) is 11.7 Å². The van der Waals surface area contributed by atoms with E-state index in [4.69, 9.17) is 9.47 Å². The normalized spacial score (nSPS) is 10.5. The summed E-state index contributed by atoms with van der Waals surface area (Å²) >= 11 is 0. The molecule has 9 heteroatoms. The first-order valence-corrected chi connectivity index (χ1v) is 7.45. The predicted octanol–water partition coefficient (Wildman–Crippen LogP) is 2.01. The third-order valence-corrected chi connectivity index (χ3v) is 3.44. The van der Waals surface area contributed by atoms with Crippen molar-refractivity contribution in [3.05, 3.63) is 57.6 Å². The number of aromatic hydroxyl groups is 1. The quantitative estimate of drug-likeness (QED) is 0.443. The lowest BCUT2D eigenvalue weighted by Gasteiger charge is -2.09. The van der Waals surface area contributed by atoms with E-state index < -0.39 is 10.8 Å². The number of para-hydroxylation sites is 1. The lowest BCUT2D eigenvalue weighted by molar-refractivity contribution is -0.385. The van der Waals surface area contributed by atoms with E-state index in [0.717, 1.165) is 0 Å². The highest BCUT2D eigenvalue weighted by Crippen LogP contribution is 2.36. The maximum absolute atomic E-state index is 11.9. The van der Waals surface area contributed by atoms with Crippen LogP contribution in [0, 0.1) is 10.1 Å². The highest BCUT2D eigenvalue weighted by atomic mass is 16.6. The number of nitro benzene ring substituents is 1. The number of hydrogen-bond acceptors (Lipinski definition) is 7. The lowest BCUT2D eigenvalue weighted by Crippen LogP contribution is -2.20. The van der Waals surface area contributed by atoms with Crippen LogP contribution in [0.5, 0.6) is 17.2 Å². The summed E-state index contributed by atoms with van der Waals surface area (Å²) in [6, 6.07) is 9.01. The van der Waals surface area contributed by atoms with E-state index in [0.29, 0.717) is 5.56 Å². The lowest BCUT2D eigenvalue weighted by atomic mass is 10.1. The number of benzene rings is 2. The maximum atomic E-state index is 11.9. The largest absolute Gasteiger partial charge is 0.502 e. The molecule has 0 aliphatic rings. The molecule has 0 radical (unpaired) electrons. The van der Waals surface area contributed by atoms with Gasteiger partial charge in [0, 0.05) is 17.2 Å².